The maximum absolute atomic E-state index is 6.47. The SMILES string of the molecule is CNC(c1cc(Br)c(C)cc1Br)c1cccc(C)c1Cl. The molecule has 106 valence electrons. The lowest BCUT2D eigenvalue weighted by molar-refractivity contribution is 0.688. The molecule has 4 heteroatoms. The van der Waals surface area contributed by atoms with E-state index in [0.717, 1.165) is 30.7 Å². The van der Waals surface area contributed by atoms with Crippen LogP contribution in [0.2, 0.25) is 5.02 Å². The minimum Gasteiger partial charge on any atom is -0.309 e. The van der Waals surface area contributed by atoms with Crippen molar-refractivity contribution >= 4 is 43.5 Å². The molecule has 0 aliphatic carbocycles. The Morgan fingerprint density at radius 2 is 1.70 bits per heavy atom. The molecule has 0 saturated carbocycles. The summed E-state index contributed by atoms with van der Waals surface area (Å²) in [6.07, 6.45) is 0. The first-order valence-electron chi connectivity index (χ1n) is 6.33. The molecule has 0 aliphatic heterocycles. The van der Waals surface area contributed by atoms with Gasteiger partial charge in [-0.15, -0.1) is 0 Å². The maximum atomic E-state index is 6.47. The van der Waals surface area contributed by atoms with Crippen LogP contribution in [0, 0.1) is 13.8 Å². The fraction of sp³-hybridized carbons (Fsp3) is 0.250. The van der Waals surface area contributed by atoms with E-state index in [0.29, 0.717) is 0 Å². The molecular weight excluding hydrogens is 401 g/mol. The molecule has 0 heterocycles. The zero-order chi connectivity index (χ0) is 14.9. The molecule has 2 aromatic carbocycles. The van der Waals surface area contributed by atoms with Crippen molar-refractivity contribution in [3.8, 4) is 0 Å². The number of rotatable bonds is 3. The van der Waals surface area contributed by atoms with Crippen molar-refractivity contribution in [1.29, 1.82) is 0 Å². The quantitative estimate of drug-likeness (QED) is 0.666. The normalized spacial score (nSPS) is 12.5. The van der Waals surface area contributed by atoms with E-state index in [1.807, 2.05) is 26.1 Å². The summed E-state index contributed by atoms with van der Waals surface area (Å²) < 4.78 is 2.18. The summed E-state index contributed by atoms with van der Waals surface area (Å²) in [5, 5.41) is 4.17. The standard InChI is InChI=1S/C16H16Br2ClN/c1-9-5-4-6-11(15(9)19)16(20-3)12-8-13(17)10(2)7-14(12)18/h4-8,16,20H,1-3H3. The zero-order valence-corrected chi connectivity index (χ0v) is 15.5. The van der Waals surface area contributed by atoms with Crippen molar-refractivity contribution in [3.05, 3.63) is 66.6 Å². The number of aryl methyl sites for hydroxylation is 2. The summed E-state index contributed by atoms with van der Waals surface area (Å²) in [6, 6.07) is 10.4. The van der Waals surface area contributed by atoms with Crippen LogP contribution in [0.25, 0.3) is 0 Å². The Kier molecular flexibility index (Phi) is 5.30. The molecule has 1 atom stereocenters. The minimum absolute atomic E-state index is 0.0497. The molecule has 2 rings (SSSR count). The van der Waals surface area contributed by atoms with Crippen LogP contribution < -0.4 is 5.32 Å². The third-order valence-electron chi connectivity index (χ3n) is 3.41. The largest absolute Gasteiger partial charge is 0.309 e. The van der Waals surface area contributed by atoms with Crippen molar-refractivity contribution in [3.63, 3.8) is 0 Å². The predicted octanol–water partition coefficient (Wildman–Crippen LogP) is 5.79. The van der Waals surface area contributed by atoms with Crippen LogP contribution in [-0.2, 0) is 0 Å². The van der Waals surface area contributed by atoms with Crippen molar-refractivity contribution in [2.75, 3.05) is 7.05 Å². The van der Waals surface area contributed by atoms with E-state index in [9.17, 15) is 0 Å². The monoisotopic (exact) mass is 415 g/mol. The molecule has 1 N–H and O–H groups in total. The first kappa shape index (κ1) is 16.0. The lowest BCUT2D eigenvalue weighted by Crippen LogP contribution is -2.19. The Morgan fingerprint density at radius 3 is 2.35 bits per heavy atom. The lowest BCUT2D eigenvalue weighted by Gasteiger charge is -2.21. The molecule has 1 nitrogen and oxygen atoms in total. The van der Waals surface area contributed by atoms with Gasteiger partial charge in [0.1, 0.15) is 0 Å². The van der Waals surface area contributed by atoms with Crippen molar-refractivity contribution < 1.29 is 0 Å². The lowest BCUT2D eigenvalue weighted by atomic mass is 9.96. The highest BCUT2D eigenvalue weighted by molar-refractivity contribution is 9.11. The highest BCUT2D eigenvalue weighted by atomic mass is 79.9. The highest BCUT2D eigenvalue weighted by Gasteiger charge is 2.19. The summed E-state index contributed by atoms with van der Waals surface area (Å²) in [5.41, 5.74) is 4.54. The van der Waals surface area contributed by atoms with Crippen molar-refractivity contribution in [2.24, 2.45) is 0 Å². The third kappa shape index (κ3) is 3.11. The Balaban J connectivity index is 2.58. The third-order valence-corrected chi connectivity index (χ3v) is 5.47. The van der Waals surface area contributed by atoms with Crippen molar-refractivity contribution in [1.82, 2.24) is 5.32 Å². The van der Waals surface area contributed by atoms with Crippen LogP contribution in [0.3, 0.4) is 0 Å². The van der Waals surface area contributed by atoms with Crippen LogP contribution in [-0.4, -0.2) is 7.05 Å². The van der Waals surface area contributed by atoms with Gasteiger partial charge in [0.25, 0.3) is 0 Å². The summed E-state index contributed by atoms with van der Waals surface area (Å²) in [5.74, 6) is 0. The fourth-order valence-electron chi connectivity index (χ4n) is 2.25. The average Bonchev–Trinajstić information content (AvgIpc) is 2.41. The second-order valence-electron chi connectivity index (χ2n) is 4.82. The summed E-state index contributed by atoms with van der Waals surface area (Å²) >= 11 is 13.7. The van der Waals surface area contributed by atoms with E-state index in [2.05, 4.69) is 62.3 Å². The molecule has 0 aliphatic rings. The van der Waals surface area contributed by atoms with Crippen molar-refractivity contribution in [2.45, 2.75) is 19.9 Å². The first-order chi connectivity index (χ1) is 9.45. The zero-order valence-electron chi connectivity index (χ0n) is 11.6. The Hall–Kier alpha value is -0.350. The maximum Gasteiger partial charge on any atom is 0.0600 e. The number of nitrogens with one attached hydrogen (secondary N) is 1. The molecule has 0 spiro atoms. The van der Waals surface area contributed by atoms with Gasteiger partial charge in [-0.1, -0.05) is 61.7 Å². The van der Waals surface area contributed by atoms with Gasteiger partial charge in [0.2, 0.25) is 0 Å². The van der Waals surface area contributed by atoms with Gasteiger partial charge in [-0.2, -0.15) is 0 Å². The Labute approximate surface area is 142 Å². The number of hydrogen-bond acceptors (Lipinski definition) is 1. The molecule has 1 unspecified atom stereocenters. The molecule has 0 amide bonds. The van der Waals surface area contributed by atoms with E-state index in [1.165, 1.54) is 5.56 Å². The predicted molar refractivity (Wildman–Crippen MR) is 93.7 cm³/mol. The van der Waals surface area contributed by atoms with E-state index in [1.54, 1.807) is 0 Å². The van der Waals surface area contributed by atoms with Crippen LogP contribution in [0.1, 0.15) is 28.3 Å². The van der Waals surface area contributed by atoms with Crippen LogP contribution in [0.4, 0.5) is 0 Å². The van der Waals surface area contributed by atoms with E-state index >= 15 is 0 Å². The van der Waals surface area contributed by atoms with Crippen LogP contribution in [0.15, 0.2) is 39.3 Å². The average molecular weight is 418 g/mol. The van der Waals surface area contributed by atoms with Crippen LogP contribution in [0.5, 0.6) is 0 Å². The van der Waals surface area contributed by atoms with Gasteiger partial charge < -0.3 is 5.32 Å². The molecular formula is C16H16Br2ClN. The van der Waals surface area contributed by atoms with Gasteiger partial charge in [0.05, 0.1) is 6.04 Å². The molecule has 2 aromatic rings. The second-order valence-corrected chi connectivity index (χ2v) is 6.91. The highest BCUT2D eigenvalue weighted by Crippen LogP contribution is 2.36. The molecule has 0 bridgehead atoms. The first-order valence-corrected chi connectivity index (χ1v) is 8.30. The molecule has 0 fully saturated rings. The van der Waals surface area contributed by atoms with Crippen LogP contribution >= 0.6 is 43.5 Å². The summed E-state index contributed by atoms with van der Waals surface area (Å²) in [4.78, 5) is 0. The molecule has 0 aromatic heterocycles. The number of benzene rings is 2. The van der Waals surface area contributed by atoms with Gasteiger partial charge in [0, 0.05) is 14.0 Å². The molecule has 0 radical (unpaired) electrons. The number of halogens is 3. The molecule has 20 heavy (non-hydrogen) atoms. The van der Waals surface area contributed by atoms with Gasteiger partial charge in [-0.25, -0.2) is 0 Å². The number of hydrogen-bond donors (Lipinski definition) is 1. The van der Waals surface area contributed by atoms with E-state index in [-0.39, 0.29) is 6.04 Å². The molecule has 0 saturated heterocycles. The Bertz CT molecular complexity index is 641. The van der Waals surface area contributed by atoms with E-state index in [4.69, 9.17) is 11.6 Å². The van der Waals surface area contributed by atoms with Gasteiger partial charge in [-0.3, -0.25) is 0 Å². The Morgan fingerprint density at radius 1 is 1.00 bits per heavy atom. The van der Waals surface area contributed by atoms with Gasteiger partial charge >= 0.3 is 0 Å². The fourth-order valence-corrected chi connectivity index (χ4v) is 3.54. The smallest absolute Gasteiger partial charge is 0.0600 e. The summed E-state index contributed by atoms with van der Waals surface area (Å²) in [6.45, 7) is 4.10. The summed E-state index contributed by atoms with van der Waals surface area (Å²) in [7, 11) is 1.95. The van der Waals surface area contributed by atoms with E-state index < -0.39 is 0 Å². The topological polar surface area (TPSA) is 12.0 Å². The minimum atomic E-state index is 0.0497. The van der Waals surface area contributed by atoms with Gasteiger partial charge in [0.15, 0.2) is 0 Å². The van der Waals surface area contributed by atoms with Gasteiger partial charge in [-0.05, 0) is 55.3 Å². The second kappa shape index (κ2) is 6.61.